The second-order valence-electron chi connectivity index (χ2n) is 5.04. The van der Waals surface area contributed by atoms with Gasteiger partial charge in [-0.25, -0.2) is 0 Å². The molecule has 20 heavy (non-hydrogen) atoms. The van der Waals surface area contributed by atoms with Gasteiger partial charge in [0, 0.05) is 17.8 Å². The summed E-state index contributed by atoms with van der Waals surface area (Å²) >= 11 is 0. The van der Waals surface area contributed by atoms with Gasteiger partial charge in [-0.05, 0) is 22.4 Å². The lowest BCUT2D eigenvalue weighted by atomic mass is 9.91. The Balaban J connectivity index is 2.02. The summed E-state index contributed by atoms with van der Waals surface area (Å²) in [6.07, 6.45) is 0.506. The molecule has 3 rings (SSSR count). The number of rotatable bonds is 2. The highest BCUT2D eigenvalue weighted by molar-refractivity contribution is 5.83. The molecule has 0 unspecified atom stereocenters. The first-order valence-corrected chi connectivity index (χ1v) is 6.57. The van der Waals surface area contributed by atoms with Crippen LogP contribution in [0.1, 0.15) is 24.4 Å². The van der Waals surface area contributed by atoms with Crippen LogP contribution in [0.15, 0.2) is 42.5 Å². The molecule has 5 nitrogen and oxygen atoms in total. The third-order valence-electron chi connectivity index (χ3n) is 3.77. The minimum absolute atomic E-state index is 0.124. The summed E-state index contributed by atoms with van der Waals surface area (Å²) in [7, 11) is 0. The van der Waals surface area contributed by atoms with Crippen molar-refractivity contribution in [3.05, 3.63) is 58.1 Å². The second kappa shape index (κ2) is 4.92. The molecule has 1 N–H and O–H groups in total. The number of nitrogens with zero attached hydrogens (tertiary/aromatic N) is 1. The molecule has 0 aromatic heterocycles. The van der Waals surface area contributed by atoms with Crippen LogP contribution in [0.3, 0.4) is 0 Å². The first kappa shape index (κ1) is 12.6. The Bertz CT molecular complexity index is 684. The van der Waals surface area contributed by atoms with E-state index in [4.69, 9.17) is 0 Å². The Morgan fingerprint density at radius 1 is 1.15 bits per heavy atom. The fraction of sp³-hybridized carbons (Fsp3) is 0.267. The molecule has 1 amide bonds. The third kappa shape index (κ3) is 2.22. The maximum Gasteiger partial charge on any atom is 0.237 e. The van der Waals surface area contributed by atoms with E-state index in [0.717, 1.165) is 16.3 Å². The summed E-state index contributed by atoms with van der Waals surface area (Å²) in [5.74, 6) is -0.124. The van der Waals surface area contributed by atoms with E-state index >= 15 is 0 Å². The third-order valence-corrected chi connectivity index (χ3v) is 3.77. The van der Waals surface area contributed by atoms with Gasteiger partial charge in [0.1, 0.15) is 6.04 Å². The van der Waals surface area contributed by atoms with Crippen LogP contribution < -0.4 is 5.32 Å². The van der Waals surface area contributed by atoms with Crippen molar-refractivity contribution in [3.63, 3.8) is 0 Å². The molecule has 1 saturated heterocycles. The number of benzene rings is 2. The molecule has 1 aliphatic heterocycles. The van der Waals surface area contributed by atoms with Gasteiger partial charge in [-0.3, -0.25) is 14.9 Å². The summed E-state index contributed by atoms with van der Waals surface area (Å²) in [5, 5.41) is 16.0. The lowest BCUT2D eigenvalue weighted by Gasteiger charge is -2.27. The number of fused-ring (bicyclic) bond motifs is 1. The Morgan fingerprint density at radius 3 is 2.65 bits per heavy atom. The van der Waals surface area contributed by atoms with Gasteiger partial charge < -0.3 is 5.32 Å². The number of hydrogen-bond donors (Lipinski definition) is 1. The van der Waals surface area contributed by atoms with Crippen LogP contribution in [0, 0.1) is 10.1 Å². The van der Waals surface area contributed by atoms with Crippen LogP contribution in [0.2, 0.25) is 0 Å². The topological polar surface area (TPSA) is 72.2 Å². The molecular weight excluding hydrogens is 256 g/mol. The number of hydrogen-bond acceptors (Lipinski definition) is 3. The smallest absolute Gasteiger partial charge is 0.237 e. The maximum atomic E-state index is 11.5. The van der Waals surface area contributed by atoms with E-state index in [1.807, 2.05) is 42.5 Å². The Morgan fingerprint density at radius 2 is 1.90 bits per heavy atom. The van der Waals surface area contributed by atoms with E-state index in [2.05, 4.69) is 5.32 Å². The van der Waals surface area contributed by atoms with Crippen molar-refractivity contribution >= 4 is 16.7 Å². The second-order valence-corrected chi connectivity index (χ2v) is 5.04. The highest BCUT2D eigenvalue weighted by Crippen LogP contribution is 2.28. The van der Waals surface area contributed by atoms with Crippen LogP contribution in [0.25, 0.3) is 10.8 Å². The molecule has 0 saturated carbocycles. The van der Waals surface area contributed by atoms with Gasteiger partial charge in [0.25, 0.3) is 0 Å². The predicted octanol–water partition coefficient (Wildman–Crippen LogP) is 2.44. The molecular formula is C15H14N2O3. The summed E-state index contributed by atoms with van der Waals surface area (Å²) in [6.45, 7) is 0. The number of piperidine rings is 1. The van der Waals surface area contributed by atoms with Crippen LogP contribution >= 0.6 is 0 Å². The first-order chi connectivity index (χ1) is 9.65. The Labute approximate surface area is 115 Å². The number of nitro groups is 1. The largest absolute Gasteiger partial charge is 0.343 e. The predicted molar refractivity (Wildman–Crippen MR) is 74.8 cm³/mol. The summed E-state index contributed by atoms with van der Waals surface area (Å²) in [5.41, 5.74) is 0.790. The van der Waals surface area contributed by atoms with Crippen molar-refractivity contribution in [1.82, 2.24) is 5.32 Å². The lowest BCUT2D eigenvalue weighted by Crippen LogP contribution is -2.45. The van der Waals surface area contributed by atoms with E-state index in [0.29, 0.717) is 0 Å². The molecule has 1 fully saturated rings. The first-order valence-electron chi connectivity index (χ1n) is 6.57. The van der Waals surface area contributed by atoms with Crippen molar-refractivity contribution in [2.24, 2.45) is 0 Å². The van der Waals surface area contributed by atoms with Gasteiger partial charge in [-0.1, -0.05) is 36.4 Å². The molecule has 2 aromatic carbocycles. The number of carbonyl (C=O) groups excluding carboxylic acids is 1. The molecule has 0 bridgehead atoms. The highest BCUT2D eigenvalue weighted by atomic mass is 16.6. The SMILES string of the molecule is O=C1CC[C@@H]([N+](=O)[O-])[C@H](c2ccc3ccccc3c2)N1. The van der Waals surface area contributed by atoms with Gasteiger partial charge >= 0.3 is 0 Å². The molecule has 1 aliphatic rings. The van der Waals surface area contributed by atoms with Gasteiger partial charge in [-0.15, -0.1) is 0 Å². The minimum Gasteiger partial charge on any atom is -0.343 e. The Kier molecular flexibility index (Phi) is 3.10. The molecule has 1 heterocycles. The van der Waals surface area contributed by atoms with E-state index in [9.17, 15) is 14.9 Å². The lowest BCUT2D eigenvalue weighted by molar-refractivity contribution is -0.529. The normalized spacial score (nSPS) is 22.5. The summed E-state index contributed by atoms with van der Waals surface area (Å²) in [6, 6.07) is 12.2. The number of nitrogens with one attached hydrogen (secondary N) is 1. The fourth-order valence-corrected chi connectivity index (χ4v) is 2.72. The van der Waals surface area contributed by atoms with E-state index in [-0.39, 0.29) is 23.7 Å². The van der Waals surface area contributed by atoms with Gasteiger partial charge in [-0.2, -0.15) is 0 Å². The molecule has 102 valence electrons. The summed E-state index contributed by atoms with van der Waals surface area (Å²) in [4.78, 5) is 22.4. The van der Waals surface area contributed by atoms with Gasteiger partial charge in [0.05, 0.1) is 0 Å². The van der Waals surface area contributed by atoms with Crippen molar-refractivity contribution in [2.75, 3.05) is 0 Å². The van der Waals surface area contributed by atoms with Crippen molar-refractivity contribution < 1.29 is 9.72 Å². The molecule has 0 aliphatic carbocycles. The molecule has 2 aromatic rings. The fourth-order valence-electron chi connectivity index (χ4n) is 2.72. The van der Waals surface area contributed by atoms with Gasteiger partial charge in [0.2, 0.25) is 11.9 Å². The zero-order valence-corrected chi connectivity index (χ0v) is 10.8. The van der Waals surface area contributed by atoms with Gasteiger partial charge in [0.15, 0.2) is 0 Å². The number of carbonyl (C=O) groups is 1. The molecule has 0 radical (unpaired) electrons. The maximum absolute atomic E-state index is 11.5. The van der Waals surface area contributed by atoms with E-state index < -0.39 is 12.1 Å². The zero-order valence-electron chi connectivity index (χ0n) is 10.8. The van der Waals surface area contributed by atoms with Crippen LogP contribution in [-0.4, -0.2) is 16.9 Å². The van der Waals surface area contributed by atoms with Crippen LogP contribution in [0.4, 0.5) is 0 Å². The summed E-state index contributed by atoms with van der Waals surface area (Å²) < 4.78 is 0. The highest BCUT2D eigenvalue weighted by Gasteiger charge is 2.38. The van der Waals surface area contributed by atoms with Crippen molar-refractivity contribution in [2.45, 2.75) is 24.9 Å². The van der Waals surface area contributed by atoms with Crippen molar-refractivity contribution in [1.29, 1.82) is 0 Å². The van der Waals surface area contributed by atoms with Crippen LogP contribution in [-0.2, 0) is 4.79 Å². The molecule has 0 spiro atoms. The quantitative estimate of drug-likeness (QED) is 0.673. The number of amides is 1. The average molecular weight is 270 g/mol. The van der Waals surface area contributed by atoms with Crippen LogP contribution in [0.5, 0.6) is 0 Å². The van der Waals surface area contributed by atoms with Crippen molar-refractivity contribution in [3.8, 4) is 0 Å². The minimum atomic E-state index is -0.756. The standard InChI is InChI=1S/C15H14N2O3/c18-14-8-7-13(17(19)20)15(16-14)12-6-5-10-3-1-2-4-11(10)9-12/h1-6,9,13,15H,7-8H2,(H,16,18)/t13-,15+/m1/s1. The Hall–Kier alpha value is -2.43. The van der Waals surface area contributed by atoms with E-state index in [1.54, 1.807) is 0 Å². The monoisotopic (exact) mass is 270 g/mol. The molecule has 5 heteroatoms. The average Bonchev–Trinajstić information content (AvgIpc) is 2.46. The van der Waals surface area contributed by atoms with E-state index in [1.165, 1.54) is 0 Å². The molecule has 2 atom stereocenters. The zero-order chi connectivity index (χ0) is 14.1.